The first-order valence-corrected chi connectivity index (χ1v) is 14.8. The molecule has 0 heterocycles. The van der Waals surface area contributed by atoms with Gasteiger partial charge in [-0.15, -0.1) is 0 Å². The summed E-state index contributed by atoms with van der Waals surface area (Å²) in [6.07, 6.45) is 0.856. The van der Waals surface area contributed by atoms with Crippen LogP contribution in [-0.4, -0.2) is 26.1 Å². The number of rotatable bonds is 10. The van der Waals surface area contributed by atoms with Crippen LogP contribution in [0.1, 0.15) is 41.5 Å². The highest BCUT2D eigenvalue weighted by molar-refractivity contribution is 7.81. The maximum atomic E-state index is 14.0. The first kappa shape index (κ1) is 24.8. The number of aliphatic hydroxyl groups is 1. The van der Waals surface area contributed by atoms with E-state index in [0.717, 1.165) is 10.6 Å². The van der Waals surface area contributed by atoms with Gasteiger partial charge in [0.05, 0.1) is 12.7 Å². The molecule has 0 saturated carbocycles. The van der Waals surface area contributed by atoms with Crippen molar-refractivity contribution in [2.24, 2.45) is 0 Å². The molecule has 2 rings (SSSR count). The van der Waals surface area contributed by atoms with E-state index in [4.69, 9.17) is 4.43 Å². The second kappa shape index (κ2) is 10.7. The zero-order valence-electron chi connectivity index (χ0n) is 19.2. The van der Waals surface area contributed by atoms with Gasteiger partial charge in [0.25, 0.3) is 0 Å². The summed E-state index contributed by atoms with van der Waals surface area (Å²) in [6.45, 7) is 13.6. The van der Waals surface area contributed by atoms with Crippen molar-refractivity contribution in [3.8, 4) is 0 Å². The van der Waals surface area contributed by atoms with Crippen LogP contribution in [0.3, 0.4) is 0 Å². The Kier molecular flexibility index (Phi) is 8.87. The fraction of sp³-hybridized carbons (Fsp3) is 0.440. The van der Waals surface area contributed by atoms with E-state index in [1.54, 1.807) is 11.9 Å². The Labute approximate surface area is 183 Å². The summed E-state index contributed by atoms with van der Waals surface area (Å²) in [5, 5.41) is 12.2. The maximum absolute atomic E-state index is 14.0. The third kappa shape index (κ3) is 5.42. The SMILES string of the molecule is CC(C)[Si](OC[C@H](O)/C=C/P(=O)(c1ccccc1)c1ccccc1)(C(C)C)C(C)C. The van der Waals surface area contributed by atoms with Gasteiger partial charge in [-0.3, -0.25) is 0 Å². The van der Waals surface area contributed by atoms with E-state index in [1.165, 1.54) is 0 Å². The molecule has 0 aromatic heterocycles. The summed E-state index contributed by atoms with van der Waals surface area (Å²) in [6, 6.07) is 18.9. The molecule has 164 valence electrons. The fourth-order valence-electron chi connectivity index (χ4n) is 4.63. The molecule has 2 aromatic carbocycles. The van der Waals surface area contributed by atoms with Crippen LogP contribution in [0.4, 0.5) is 0 Å². The van der Waals surface area contributed by atoms with Crippen molar-refractivity contribution in [2.75, 3.05) is 6.61 Å². The molecule has 2 aromatic rings. The van der Waals surface area contributed by atoms with Crippen molar-refractivity contribution < 1.29 is 14.1 Å². The Balaban J connectivity index is 2.27. The third-order valence-corrected chi connectivity index (χ3v) is 14.8. The second-order valence-electron chi connectivity index (χ2n) is 8.87. The monoisotopic (exact) mass is 444 g/mol. The van der Waals surface area contributed by atoms with Gasteiger partial charge in [0.15, 0.2) is 15.5 Å². The standard InChI is InChI=1S/C25H37O3PSi/c1-20(2)30(21(3)4,22(5)6)28-19-23(26)17-18-29(27,24-13-9-7-10-14-24)25-15-11-8-12-16-25/h7-18,20-23,26H,19H2,1-6H3/b18-17+/t23-/m1/s1. The lowest BCUT2D eigenvalue weighted by atomic mass is 10.4. The minimum absolute atomic E-state index is 0.237. The molecule has 1 atom stereocenters. The third-order valence-electron chi connectivity index (χ3n) is 6.01. The molecule has 3 nitrogen and oxygen atoms in total. The molecule has 0 aliphatic rings. The van der Waals surface area contributed by atoms with Crippen LogP contribution < -0.4 is 10.6 Å². The molecule has 0 spiro atoms. The van der Waals surface area contributed by atoms with Crippen LogP contribution in [0.5, 0.6) is 0 Å². The smallest absolute Gasteiger partial charge is 0.200 e. The zero-order chi connectivity index (χ0) is 22.4. The Hall–Kier alpha value is -1.45. The van der Waals surface area contributed by atoms with E-state index in [9.17, 15) is 9.67 Å². The quantitative estimate of drug-likeness (QED) is 0.357. The molecule has 0 amide bonds. The first-order chi connectivity index (χ1) is 14.1. The summed E-state index contributed by atoms with van der Waals surface area (Å²) >= 11 is 0. The molecule has 0 radical (unpaired) electrons. The number of aliphatic hydroxyl groups excluding tert-OH is 1. The molecule has 0 aliphatic carbocycles. The molecule has 0 aliphatic heterocycles. The lowest BCUT2D eigenvalue weighted by molar-refractivity contribution is 0.132. The minimum Gasteiger partial charge on any atom is -0.413 e. The Morgan fingerprint density at radius 1 is 0.833 bits per heavy atom. The highest BCUT2D eigenvalue weighted by atomic mass is 31.2. The average Bonchev–Trinajstić information content (AvgIpc) is 2.73. The molecule has 0 fully saturated rings. The van der Waals surface area contributed by atoms with Gasteiger partial charge in [-0.2, -0.15) is 0 Å². The van der Waals surface area contributed by atoms with Gasteiger partial charge < -0.3 is 14.1 Å². The highest BCUT2D eigenvalue weighted by Crippen LogP contribution is 2.45. The number of hydrogen-bond donors (Lipinski definition) is 1. The minimum atomic E-state index is -2.98. The van der Waals surface area contributed by atoms with Crippen molar-refractivity contribution >= 4 is 26.1 Å². The summed E-state index contributed by atoms with van der Waals surface area (Å²) in [4.78, 5) is 0. The topological polar surface area (TPSA) is 46.5 Å². The van der Waals surface area contributed by atoms with Crippen molar-refractivity contribution in [3.63, 3.8) is 0 Å². The second-order valence-corrected chi connectivity index (χ2v) is 17.0. The van der Waals surface area contributed by atoms with Crippen LogP contribution in [0, 0.1) is 0 Å². The molecule has 5 heteroatoms. The van der Waals surface area contributed by atoms with Crippen LogP contribution in [0.25, 0.3) is 0 Å². The van der Waals surface area contributed by atoms with Gasteiger partial charge in [-0.1, -0.05) is 102 Å². The largest absolute Gasteiger partial charge is 0.413 e. The fourth-order valence-corrected chi connectivity index (χ4v) is 12.4. The Morgan fingerprint density at radius 3 is 1.60 bits per heavy atom. The van der Waals surface area contributed by atoms with Gasteiger partial charge in [0.1, 0.15) is 0 Å². The maximum Gasteiger partial charge on any atom is 0.200 e. The normalized spacial score (nSPS) is 14.2. The van der Waals surface area contributed by atoms with Crippen LogP contribution in [0.2, 0.25) is 16.6 Å². The highest BCUT2D eigenvalue weighted by Gasteiger charge is 2.45. The molecule has 0 unspecified atom stereocenters. The summed E-state index contributed by atoms with van der Waals surface area (Å²) in [5.41, 5.74) is 1.36. The van der Waals surface area contributed by atoms with Crippen molar-refractivity contribution in [3.05, 3.63) is 72.6 Å². The van der Waals surface area contributed by atoms with E-state index in [0.29, 0.717) is 16.6 Å². The predicted octanol–water partition coefficient (Wildman–Crippen LogP) is 6.07. The van der Waals surface area contributed by atoms with Crippen molar-refractivity contribution in [1.82, 2.24) is 0 Å². The first-order valence-electron chi connectivity index (χ1n) is 10.9. The van der Waals surface area contributed by atoms with Crippen LogP contribution in [0.15, 0.2) is 72.6 Å². The molecular weight excluding hydrogens is 407 g/mol. The number of hydrogen-bond acceptors (Lipinski definition) is 3. The average molecular weight is 445 g/mol. The van der Waals surface area contributed by atoms with E-state index in [1.807, 2.05) is 60.7 Å². The van der Waals surface area contributed by atoms with E-state index in [2.05, 4.69) is 41.5 Å². The van der Waals surface area contributed by atoms with Gasteiger partial charge >= 0.3 is 0 Å². The summed E-state index contributed by atoms with van der Waals surface area (Å²) in [7, 11) is -5.04. The van der Waals surface area contributed by atoms with Gasteiger partial charge in [-0.05, 0) is 28.5 Å². The molecule has 0 bridgehead atoms. The van der Waals surface area contributed by atoms with Gasteiger partial charge in [-0.25, -0.2) is 0 Å². The summed E-state index contributed by atoms with van der Waals surface area (Å²) < 4.78 is 20.5. The predicted molar refractivity (Wildman–Crippen MR) is 132 cm³/mol. The molecular formula is C25H37O3PSi. The molecule has 0 saturated heterocycles. The van der Waals surface area contributed by atoms with E-state index >= 15 is 0 Å². The van der Waals surface area contributed by atoms with Gasteiger partial charge in [0, 0.05) is 10.6 Å². The van der Waals surface area contributed by atoms with Gasteiger partial charge in [0.2, 0.25) is 0 Å². The van der Waals surface area contributed by atoms with E-state index < -0.39 is 21.6 Å². The lowest BCUT2D eigenvalue weighted by Gasteiger charge is -2.42. The van der Waals surface area contributed by atoms with Crippen molar-refractivity contribution in [2.45, 2.75) is 64.3 Å². The Morgan fingerprint density at radius 2 is 1.23 bits per heavy atom. The molecule has 30 heavy (non-hydrogen) atoms. The molecule has 1 N–H and O–H groups in total. The number of benzene rings is 2. The Bertz CT molecular complexity index is 782. The lowest BCUT2D eigenvalue weighted by Crippen LogP contribution is -2.49. The van der Waals surface area contributed by atoms with E-state index in [-0.39, 0.29) is 6.61 Å². The van der Waals surface area contributed by atoms with Crippen LogP contribution in [-0.2, 0) is 8.99 Å². The van der Waals surface area contributed by atoms with Crippen LogP contribution >= 0.6 is 7.14 Å². The zero-order valence-corrected chi connectivity index (χ0v) is 21.1. The summed E-state index contributed by atoms with van der Waals surface area (Å²) in [5.74, 6) is 1.69. The van der Waals surface area contributed by atoms with Crippen molar-refractivity contribution in [1.29, 1.82) is 0 Å².